The molecule has 1 fully saturated rings. The van der Waals surface area contributed by atoms with Crippen molar-refractivity contribution in [3.05, 3.63) is 48.5 Å². The Balaban J connectivity index is 1.54. The Morgan fingerprint density at radius 1 is 1.07 bits per heavy atom. The summed E-state index contributed by atoms with van der Waals surface area (Å²) in [6.45, 7) is 1.18. The third-order valence-electron chi connectivity index (χ3n) is 4.27. The molecule has 0 aliphatic carbocycles. The molecule has 0 bridgehead atoms. The molecule has 0 radical (unpaired) electrons. The van der Waals surface area contributed by atoms with Gasteiger partial charge in [0.1, 0.15) is 5.75 Å². The van der Waals surface area contributed by atoms with Crippen molar-refractivity contribution in [1.29, 1.82) is 0 Å². The molecule has 1 saturated heterocycles. The summed E-state index contributed by atoms with van der Waals surface area (Å²) in [4.78, 5) is 13.2. The fourth-order valence-electron chi connectivity index (χ4n) is 2.81. The van der Waals surface area contributed by atoms with E-state index in [1.54, 1.807) is 55.6 Å². The summed E-state index contributed by atoms with van der Waals surface area (Å²) in [5.41, 5.74) is 0.702. The van der Waals surface area contributed by atoms with Crippen molar-refractivity contribution in [2.75, 3.05) is 31.3 Å². The van der Waals surface area contributed by atoms with E-state index in [2.05, 4.69) is 5.32 Å². The summed E-state index contributed by atoms with van der Waals surface area (Å²) in [5, 5.41) is 2.82. The summed E-state index contributed by atoms with van der Waals surface area (Å²) in [6, 6.07) is 13.8. The van der Waals surface area contributed by atoms with Crippen molar-refractivity contribution in [3.63, 3.8) is 0 Å². The summed E-state index contributed by atoms with van der Waals surface area (Å²) in [7, 11) is -1.81. The highest BCUT2D eigenvalue weighted by Crippen LogP contribution is 2.24. The molecule has 1 heterocycles. The lowest BCUT2D eigenvalue weighted by molar-refractivity contribution is -0.113. The van der Waals surface area contributed by atoms with Crippen molar-refractivity contribution in [2.45, 2.75) is 22.6 Å². The highest BCUT2D eigenvalue weighted by Gasteiger charge is 2.26. The number of methoxy groups -OCH3 is 1. The number of hydrogen-bond acceptors (Lipinski definition) is 5. The molecule has 2 aromatic rings. The number of rotatable bonds is 7. The lowest BCUT2D eigenvalue weighted by Crippen LogP contribution is -2.27. The summed E-state index contributed by atoms with van der Waals surface area (Å²) >= 11 is 1.36. The first-order valence-corrected chi connectivity index (χ1v) is 11.1. The number of benzene rings is 2. The Hall–Kier alpha value is -2.03. The van der Waals surface area contributed by atoms with Crippen molar-refractivity contribution in [1.82, 2.24) is 4.31 Å². The van der Waals surface area contributed by atoms with Crippen LogP contribution in [0.1, 0.15) is 12.8 Å². The average Bonchev–Trinajstić information content (AvgIpc) is 3.23. The number of carbonyl (C=O) groups excluding carboxylic acids is 1. The van der Waals surface area contributed by atoms with Gasteiger partial charge in [-0.05, 0) is 61.4 Å². The number of ether oxygens (including phenoxy) is 1. The number of thioether (sulfide) groups is 1. The van der Waals surface area contributed by atoms with Crippen molar-refractivity contribution >= 4 is 33.4 Å². The van der Waals surface area contributed by atoms with Crippen LogP contribution in [0.2, 0.25) is 0 Å². The maximum absolute atomic E-state index is 12.5. The fourth-order valence-corrected chi connectivity index (χ4v) is 5.02. The van der Waals surface area contributed by atoms with Crippen LogP contribution in [0, 0.1) is 0 Å². The topological polar surface area (TPSA) is 75.7 Å². The van der Waals surface area contributed by atoms with Crippen LogP contribution in [0.3, 0.4) is 0 Å². The first-order valence-electron chi connectivity index (χ1n) is 8.66. The number of hydrogen-bond donors (Lipinski definition) is 1. The zero-order chi connectivity index (χ0) is 19.3. The van der Waals surface area contributed by atoms with Gasteiger partial charge in [0, 0.05) is 23.7 Å². The molecule has 27 heavy (non-hydrogen) atoms. The molecule has 6 nitrogen and oxygen atoms in total. The number of anilines is 1. The second kappa shape index (κ2) is 8.77. The lowest BCUT2D eigenvalue weighted by atomic mass is 10.3. The van der Waals surface area contributed by atoms with Crippen molar-refractivity contribution < 1.29 is 17.9 Å². The Bertz CT molecular complexity index is 875. The van der Waals surface area contributed by atoms with E-state index in [0.717, 1.165) is 23.5 Å². The van der Waals surface area contributed by atoms with Gasteiger partial charge in [-0.1, -0.05) is 0 Å². The van der Waals surface area contributed by atoms with Gasteiger partial charge < -0.3 is 10.1 Å². The molecule has 3 rings (SSSR count). The van der Waals surface area contributed by atoms with E-state index in [-0.39, 0.29) is 11.7 Å². The van der Waals surface area contributed by atoms with Crippen LogP contribution < -0.4 is 10.1 Å². The first kappa shape index (κ1) is 19.7. The van der Waals surface area contributed by atoms with E-state index in [1.807, 2.05) is 0 Å². The number of sulfonamides is 1. The molecule has 0 unspecified atom stereocenters. The average molecular weight is 407 g/mol. The Kier molecular flexibility index (Phi) is 6.41. The zero-order valence-electron chi connectivity index (χ0n) is 15.1. The molecule has 8 heteroatoms. The van der Waals surface area contributed by atoms with Crippen LogP contribution in [-0.4, -0.2) is 44.6 Å². The van der Waals surface area contributed by atoms with E-state index in [1.165, 1.54) is 16.1 Å². The Morgan fingerprint density at radius 3 is 2.30 bits per heavy atom. The van der Waals surface area contributed by atoms with Gasteiger partial charge in [-0.3, -0.25) is 4.79 Å². The molecule has 2 aromatic carbocycles. The molecule has 144 valence electrons. The second-order valence-corrected chi connectivity index (χ2v) is 9.13. The molecular weight excluding hydrogens is 384 g/mol. The van der Waals surface area contributed by atoms with Gasteiger partial charge in [-0.15, -0.1) is 11.8 Å². The highest BCUT2D eigenvalue weighted by atomic mass is 32.2. The monoisotopic (exact) mass is 406 g/mol. The maximum Gasteiger partial charge on any atom is 0.243 e. The third-order valence-corrected chi connectivity index (χ3v) is 7.20. The predicted molar refractivity (Wildman–Crippen MR) is 107 cm³/mol. The van der Waals surface area contributed by atoms with Gasteiger partial charge in [0.2, 0.25) is 15.9 Å². The molecule has 1 N–H and O–H groups in total. The van der Waals surface area contributed by atoms with Gasteiger partial charge in [0.05, 0.1) is 17.8 Å². The Morgan fingerprint density at radius 2 is 1.70 bits per heavy atom. The van der Waals surface area contributed by atoms with Crippen LogP contribution in [-0.2, 0) is 14.8 Å². The number of carbonyl (C=O) groups is 1. The van der Waals surface area contributed by atoms with Crippen LogP contribution in [0.4, 0.5) is 5.69 Å². The van der Waals surface area contributed by atoms with Gasteiger partial charge in [0.15, 0.2) is 0 Å². The molecule has 1 amide bonds. The minimum Gasteiger partial charge on any atom is -0.497 e. The van der Waals surface area contributed by atoms with Gasteiger partial charge in [-0.25, -0.2) is 8.42 Å². The van der Waals surface area contributed by atoms with Crippen molar-refractivity contribution in [2.24, 2.45) is 0 Å². The molecule has 0 spiro atoms. The predicted octanol–water partition coefficient (Wildman–Crippen LogP) is 3.21. The quantitative estimate of drug-likeness (QED) is 0.715. The Labute approximate surface area is 164 Å². The molecule has 0 saturated carbocycles. The van der Waals surface area contributed by atoms with E-state index in [9.17, 15) is 13.2 Å². The van der Waals surface area contributed by atoms with E-state index in [0.29, 0.717) is 23.7 Å². The standard InChI is InChI=1S/C19H22N2O4S2/c1-25-16-6-4-15(5-7-16)20-19(22)14-26-17-8-10-18(11-9-17)27(23,24)21-12-2-3-13-21/h4-11H,2-3,12-14H2,1H3,(H,20,22). The van der Waals surface area contributed by atoms with E-state index >= 15 is 0 Å². The highest BCUT2D eigenvalue weighted by molar-refractivity contribution is 8.00. The minimum absolute atomic E-state index is 0.126. The van der Waals surface area contributed by atoms with Gasteiger partial charge >= 0.3 is 0 Å². The van der Waals surface area contributed by atoms with Crippen molar-refractivity contribution in [3.8, 4) is 5.75 Å². The van der Waals surface area contributed by atoms with Crippen LogP contribution in [0.25, 0.3) is 0 Å². The largest absolute Gasteiger partial charge is 0.497 e. The van der Waals surface area contributed by atoms with Crippen LogP contribution in [0.5, 0.6) is 5.75 Å². The summed E-state index contributed by atoms with van der Waals surface area (Å²) in [6.07, 6.45) is 1.83. The van der Waals surface area contributed by atoms with Gasteiger partial charge in [0.25, 0.3) is 0 Å². The van der Waals surface area contributed by atoms with E-state index in [4.69, 9.17) is 4.74 Å². The molecular formula is C19H22N2O4S2. The fraction of sp³-hybridized carbons (Fsp3) is 0.316. The normalized spacial score (nSPS) is 14.9. The maximum atomic E-state index is 12.5. The lowest BCUT2D eigenvalue weighted by Gasteiger charge is -2.15. The van der Waals surface area contributed by atoms with Crippen LogP contribution >= 0.6 is 11.8 Å². The molecule has 0 atom stereocenters. The number of nitrogens with zero attached hydrogens (tertiary/aromatic N) is 1. The SMILES string of the molecule is COc1ccc(NC(=O)CSc2ccc(S(=O)(=O)N3CCCC3)cc2)cc1. The minimum atomic E-state index is -3.40. The molecule has 1 aliphatic rings. The smallest absolute Gasteiger partial charge is 0.243 e. The first-order chi connectivity index (χ1) is 13.0. The molecule has 1 aliphatic heterocycles. The molecule has 0 aromatic heterocycles. The van der Waals surface area contributed by atoms with Gasteiger partial charge in [-0.2, -0.15) is 4.31 Å². The summed E-state index contributed by atoms with van der Waals surface area (Å²) < 4.78 is 31.6. The van der Waals surface area contributed by atoms with E-state index < -0.39 is 10.0 Å². The summed E-state index contributed by atoms with van der Waals surface area (Å²) in [5.74, 6) is 0.842. The zero-order valence-corrected chi connectivity index (χ0v) is 16.7. The number of nitrogens with one attached hydrogen (secondary N) is 1. The second-order valence-electron chi connectivity index (χ2n) is 6.15. The van der Waals surface area contributed by atoms with Crippen LogP contribution in [0.15, 0.2) is 58.3 Å². The third kappa shape index (κ3) is 5.03. The number of amides is 1.